The topological polar surface area (TPSA) is 65.7 Å². The van der Waals surface area contributed by atoms with Crippen molar-refractivity contribution in [3.63, 3.8) is 0 Å². The predicted octanol–water partition coefficient (Wildman–Crippen LogP) is 1.33. The SMILES string of the molecule is COc1ccc(C(CN)NCC(C)OC)cc1OC. The van der Waals surface area contributed by atoms with Crippen molar-refractivity contribution in [3.05, 3.63) is 23.8 Å². The first-order valence-electron chi connectivity index (χ1n) is 6.34. The van der Waals surface area contributed by atoms with Gasteiger partial charge in [0.2, 0.25) is 0 Å². The van der Waals surface area contributed by atoms with E-state index in [1.807, 2.05) is 25.1 Å². The molecule has 0 radical (unpaired) electrons. The van der Waals surface area contributed by atoms with Gasteiger partial charge in [-0.3, -0.25) is 0 Å². The Morgan fingerprint density at radius 2 is 1.84 bits per heavy atom. The third-order valence-corrected chi connectivity index (χ3v) is 3.10. The van der Waals surface area contributed by atoms with Crippen molar-refractivity contribution in [1.82, 2.24) is 5.32 Å². The highest BCUT2D eigenvalue weighted by Crippen LogP contribution is 2.29. The van der Waals surface area contributed by atoms with Crippen LogP contribution in [0.2, 0.25) is 0 Å². The molecule has 2 atom stereocenters. The lowest BCUT2D eigenvalue weighted by molar-refractivity contribution is 0.114. The standard InChI is InChI=1S/C14H24N2O3/c1-10(17-2)9-16-12(8-15)11-5-6-13(18-3)14(7-11)19-4/h5-7,10,12,16H,8-9,15H2,1-4H3. The van der Waals surface area contributed by atoms with Gasteiger partial charge in [-0.15, -0.1) is 0 Å². The molecule has 0 aliphatic carbocycles. The summed E-state index contributed by atoms with van der Waals surface area (Å²) in [5, 5.41) is 3.38. The average Bonchev–Trinajstić information content (AvgIpc) is 2.47. The predicted molar refractivity (Wildman–Crippen MR) is 75.8 cm³/mol. The maximum atomic E-state index is 5.82. The first-order chi connectivity index (χ1) is 9.15. The smallest absolute Gasteiger partial charge is 0.161 e. The molecule has 0 saturated heterocycles. The van der Waals surface area contributed by atoms with Crippen LogP contribution in [-0.2, 0) is 4.74 Å². The quantitative estimate of drug-likeness (QED) is 0.744. The van der Waals surface area contributed by atoms with Crippen molar-refractivity contribution in [2.24, 2.45) is 5.73 Å². The Labute approximate surface area is 115 Å². The minimum absolute atomic E-state index is 0.0670. The Morgan fingerprint density at radius 1 is 1.16 bits per heavy atom. The van der Waals surface area contributed by atoms with Gasteiger partial charge in [0, 0.05) is 26.2 Å². The first kappa shape index (κ1) is 15.8. The molecule has 1 aromatic rings. The van der Waals surface area contributed by atoms with E-state index in [9.17, 15) is 0 Å². The number of hydrogen-bond acceptors (Lipinski definition) is 5. The van der Waals surface area contributed by atoms with Crippen LogP contribution in [-0.4, -0.2) is 40.5 Å². The van der Waals surface area contributed by atoms with Crippen LogP contribution in [0.25, 0.3) is 0 Å². The van der Waals surface area contributed by atoms with E-state index in [4.69, 9.17) is 19.9 Å². The summed E-state index contributed by atoms with van der Waals surface area (Å²) < 4.78 is 15.7. The van der Waals surface area contributed by atoms with Crippen LogP contribution < -0.4 is 20.5 Å². The molecule has 108 valence electrons. The van der Waals surface area contributed by atoms with Crippen molar-refractivity contribution >= 4 is 0 Å². The molecule has 2 unspecified atom stereocenters. The van der Waals surface area contributed by atoms with Crippen molar-refractivity contribution in [3.8, 4) is 11.5 Å². The van der Waals surface area contributed by atoms with Gasteiger partial charge in [0.15, 0.2) is 11.5 Å². The first-order valence-corrected chi connectivity index (χ1v) is 6.34. The summed E-state index contributed by atoms with van der Waals surface area (Å²) in [6.45, 7) is 3.26. The normalized spacial score (nSPS) is 13.9. The molecule has 0 bridgehead atoms. The summed E-state index contributed by atoms with van der Waals surface area (Å²) in [5.41, 5.74) is 6.89. The second-order valence-electron chi connectivity index (χ2n) is 4.36. The van der Waals surface area contributed by atoms with Crippen molar-refractivity contribution in [2.45, 2.75) is 19.1 Å². The molecule has 19 heavy (non-hydrogen) atoms. The van der Waals surface area contributed by atoms with Gasteiger partial charge in [-0.25, -0.2) is 0 Å². The third-order valence-electron chi connectivity index (χ3n) is 3.10. The van der Waals surface area contributed by atoms with Crippen molar-refractivity contribution in [2.75, 3.05) is 34.4 Å². The number of methoxy groups -OCH3 is 3. The zero-order chi connectivity index (χ0) is 14.3. The van der Waals surface area contributed by atoms with E-state index in [-0.39, 0.29) is 12.1 Å². The molecule has 0 aliphatic rings. The van der Waals surface area contributed by atoms with Gasteiger partial charge in [-0.1, -0.05) is 6.07 Å². The number of benzene rings is 1. The lowest BCUT2D eigenvalue weighted by Crippen LogP contribution is -2.34. The van der Waals surface area contributed by atoms with E-state index < -0.39 is 0 Å². The van der Waals surface area contributed by atoms with Gasteiger partial charge in [0.05, 0.1) is 20.3 Å². The van der Waals surface area contributed by atoms with E-state index in [1.54, 1.807) is 21.3 Å². The minimum Gasteiger partial charge on any atom is -0.493 e. The molecule has 3 N–H and O–H groups in total. The van der Waals surface area contributed by atoms with Gasteiger partial charge in [-0.2, -0.15) is 0 Å². The Balaban J connectivity index is 2.80. The highest BCUT2D eigenvalue weighted by atomic mass is 16.5. The summed E-state index contributed by atoms with van der Waals surface area (Å²) in [6.07, 6.45) is 0.147. The zero-order valence-electron chi connectivity index (χ0n) is 12.1. The summed E-state index contributed by atoms with van der Waals surface area (Å²) in [7, 11) is 4.94. The van der Waals surface area contributed by atoms with Crippen LogP contribution in [0.3, 0.4) is 0 Å². The second-order valence-corrected chi connectivity index (χ2v) is 4.36. The average molecular weight is 268 g/mol. The Kier molecular flexibility index (Phi) is 6.62. The second kappa shape index (κ2) is 7.99. The number of nitrogens with two attached hydrogens (primary N) is 1. The fourth-order valence-electron chi connectivity index (χ4n) is 1.80. The molecule has 0 fully saturated rings. The Hall–Kier alpha value is -1.30. The fraction of sp³-hybridized carbons (Fsp3) is 0.571. The van der Waals surface area contributed by atoms with Crippen molar-refractivity contribution in [1.29, 1.82) is 0 Å². The van der Waals surface area contributed by atoms with Gasteiger partial charge < -0.3 is 25.3 Å². The Bertz CT molecular complexity index is 385. The molecule has 5 heteroatoms. The number of rotatable bonds is 8. The molecule has 1 aromatic carbocycles. The molecule has 0 saturated carbocycles. The molecule has 0 aliphatic heterocycles. The molecule has 1 rings (SSSR count). The van der Waals surface area contributed by atoms with E-state index >= 15 is 0 Å². The molecule has 0 aromatic heterocycles. The Morgan fingerprint density at radius 3 is 2.37 bits per heavy atom. The maximum absolute atomic E-state index is 5.82. The van der Waals surface area contributed by atoms with Crippen LogP contribution in [0.15, 0.2) is 18.2 Å². The maximum Gasteiger partial charge on any atom is 0.161 e. The number of ether oxygens (including phenoxy) is 3. The van der Waals surface area contributed by atoms with Gasteiger partial charge in [0.25, 0.3) is 0 Å². The summed E-state index contributed by atoms with van der Waals surface area (Å²) in [5.74, 6) is 1.42. The molecule has 5 nitrogen and oxygen atoms in total. The lowest BCUT2D eigenvalue weighted by atomic mass is 10.1. The molecular weight excluding hydrogens is 244 g/mol. The zero-order valence-corrected chi connectivity index (χ0v) is 12.1. The van der Waals surface area contributed by atoms with Gasteiger partial charge in [0.1, 0.15) is 0 Å². The van der Waals surface area contributed by atoms with Crippen LogP contribution in [0.5, 0.6) is 11.5 Å². The van der Waals surface area contributed by atoms with Gasteiger partial charge in [-0.05, 0) is 24.6 Å². The molecule has 0 spiro atoms. The lowest BCUT2D eigenvalue weighted by Gasteiger charge is -2.20. The largest absolute Gasteiger partial charge is 0.493 e. The van der Waals surface area contributed by atoms with Crippen LogP contribution in [0, 0.1) is 0 Å². The van der Waals surface area contributed by atoms with E-state index in [0.717, 1.165) is 12.1 Å². The third kappa shape index (κ3) is 4.38. The molecule has 0 amide bonds. The number of nitrogens with one attached hydrogen (secondary N) is 1. The fourth-order valence-corrected chi connectivity index (χ4v) is 1.80. The van der Waals surface area contributed by atoms with Gasteiger partial charge >= 0.3 is 0 Å². The minimum atomic E-state index is 0.0670. The van der Waals surface area contributed by atoms with Crippen LogP contribution in [0.4, 0.5) is 0 Å². The van der Waals surface area contributed by atoms with E-state index in [1.165, 1.54) is 0 Å². The number of hydrogen-bond donors (Lipinski definition) is 2. The summed E-state index contributed by atoms with van der Waals surface area (Å²) in [6, 6.07) is 5.89. The summed E-state index contributed by atoms with van der Waals surface area (Å²) in [4.78, 5) is 0. The highest BCUT2D eigenvalue weighted by molar-refractivity contribution is 5.43. The van der Waals surface area contributed by atoms with Crippen LogP contribution >= 0.6 is 0 Å². The van der Waals surface area contributed by atoms with Crippen LogP contribution in [0.1, 0.15) is 18.5 Å². The van der Waals surface area contributed by atoms with Crippen molar-refractivity contribution < 1.29 is 14.2 Å². The highest BCUT2D eigenvalue weighted by Gasteiger charge is 2.13. The van der Waals surface area contributed by atoms with E-state index in [2.05, 4.69) is 5.32 Å². The molecular formula is C14H24N2O3. The summed E-state index contributed by atoms with van der Waals surface area (Å²) >= 11 is 0. The monoisotopic (exact) mass is 268 g/mol. The molecule has 0 heterocycles. The van der Waals surface area contributed by atoms with E-state index in [0.29, 0.717) is 18.0 Å².